The van der Waals surface area contributed by atoms with Crippen molar-refractivity contribution in [3.8, 4) is 11.5 Å². The molecule has 26 heavy (non-hydrogen) atoms. The fourth-order valence-corrected chi connectivity index (χ4v) is 3.31. The zero-order valence-corrected chi connectivity index (χ0v) is 15.1. The van der Waals surface area contributed by atoms with Crippen molar-refractivity contribution in [2.24, 2.45) is 4.99 Å². The van der Waals surface area contributed by atoms with Crippen LogP contribution < -0.4 is 4.74 Å². The maximum absolute atomic E-state index is 13.0. The first-order valence-electron chi connectivity index (χ1n) is 7.95. The molecular weight excluding hydrogens is 355 g/mol. The van der Waals surface area contributed by atoms with E-state index in [1.165, 1.54) is 34.9 Å². The van der Waals surface area contributed by atoms with Crippen molar-refractivity contribution >= 4 is 34.6 Å². The van der Waals surface area contributed by atoms with Crippen molar-refractivity contribution in [1.82, 2.24) is 4.90 Å². The summed E-state index contributed by atoms with van der Waals surface area (Å²) < 4.78 is 18.4. The number of carbonyl (C=O) groups is 1. The number of carbonyl (C=O) groups excluding carboxylic acids is 1. The molecule has 0 aliphatic carbocycles. The molecule has 3 rings (SSSR count). The first-order chi connectivity index (χ1) is 12.5. The maximum atomic E-state index is 13.0. The van der Waals surface area contributed by atoms with Crippen molar-refractivity contribution in [2.45, 2.75) is 6.92 Å². The molecule has 2 aromatic carbocycles. The molecule has 1 saturated heterocycles. The van der Waals surface area contributed by atoms with Gasteiger partial charge in [0.05, 0.1) is 17.2 Å². The minimum Gasteiger partial charge on any atom is -0.504 e. The smallest absolute Gasteiger partial charge is 0.266 e. The molecule has 0 aromatic heterocycles. The van der Waals surface area contributed by atoms with E-state index in [4.69, 9.17) is 4.74 Å². The van der Waals surface area contributed by atoms with Crippen molar-refractivity contribution in [1.29, 1.82) is 0 Å². The van der Waals surface area contributed by atoms with Crippen LogP contribution in [0.3, 0.4) is 0 Å². The zero-order valence-electron chi connectivity index (χ0n) is 14.3. The topological polar surface area (TPSA) is 62.1 Å². The van der Waals surface area contributed by atoms with Crippen LogP contribution in [0.2, 0.25) is 0 Å². The Balaban J connectivity index is 1.87. The van der Waals surface area contributed by atoms with Gasteiger partial charge in [-0.1, -0.05) is 6.07 Å². The highest BCUT2D eigenvalue weighted by atomic mass is 32.2. The maximum Gasteiger partial charge on any atom is 0.266 e. The molecule has 134 valence electrons. The zero-order chi connectivity index (χ0) is 18.7. The number of amidine groups is 1. The predicted molar refractivity (Wildman–Crippen MR) is 101 cm³/mol. The normalized spacial score (nSPS) is 17.3. The highest BCUT2D eigenvalue weighted by molar-refractivity contribution is 8.18. The molecule has 7 heteroatoms. The van der Waals surface area contributed by atoms with Gasteiger partial charge in [0.15, 0.2) is 16.7 Å². The van der Waals surface area contributed by atoms with E-state index >= 15 is 0 Å². The summed E-state index contributed by atoms with van der Waals surface area (Å²) in [7, 11) is 1.64. The Morgan fingerprint density at radius 1 is 1.27 bits per heavy atom. The molecule has 0 spiro atoms. The molecule has 0 saturated carbocycles. The molecule has 5 nitrogen and oxygen atoms in total. The summed E-state index contributed by atoms with van der Waals surface area (Å²) in [6.45, 7) is 2.26. The Labute approximate surface area is 154 Å². The molecule has 0 bridgehead atoms. The van der Waals surface area contributed by atoms with Crippen molar-refractivity contribution in [3.05, 3.63) is 58.8 Å². The number of aromatic hydroxyl groups is 1. The highest BCUT2D eigenvalue weighted by Crippen LogP contribution is 2.34. The van der Waals surface area contributed by atoms with Crippen LogP contribution in [0.5, 0.6) is 11.5 Å². The summed E-state index contributed by atoms with van der Waals surface area (Å²) in [5, 5.41) is 10.3. The van der Waals surface area contributed by atoms with Crippen LogP contribution in [0.4, 0.5) is 10.1 Å². The first kappa shape index (κ1) is 18.0. The van der Waals surface area contributed by atoms with E-state index in [2.05, 4.69) is 4.99 Å². The number of ether oxygens (including phenoxy) is 1. The Morgan fingerprint density at radius 2 is 2.00 bits per heavy atom. The van der Waals surface area contributed by atoms with Gasteiger partial charge in [-0.3, -0.25) is 9.69 Å². The van der Waals surface area contributed by atoms with Gasteiger partial charge in [0.1, 0.15) is 5.82 Å². The number of aliphatic imine (C=N–C) groups is 1. The number of hydrogen-bond acceptors (Lipinski definition) is 5. The second-order valence-corrected chi connectivity index (χ2v) is 6.51. The lowest BCUT2D eigenvalue weighted by Crippen LogP contribution is -2.23. The van der Waals surface area contributed by atoms with Crippen LogP contribution in [0.25, 0.3) is 6.08 Å². The molecule has 1 N–H and O–H groups in total. The minimum absolute atomic E-state index is 0.0510. The lowest BCUT2D eigenvalue weighted by molar-refractivity contribution is -0.121. The van der Waals surface area contributed by atoms with Crippen LogP contribution in [-0.4, -0.2) is 34.7 Å². The molecule has 0 atom stereocenters. The molecule has 1 fully saturated rings. The average Bonchev–Trinajstić information content (AvgIpc) is 2.88. The van der Waals surface area contributed by atoms with E-state index in [1.54, 1.807) is 37.4 Å². The number of nitrogens with zero attached hydrogens (tertiary/aromatic N) is 2. The van der Waals surface area contributed by atoms with E-state index in [1.807, 2.05) is 6.92 Å². The van der Waals surface area contributed by atoms with E-state index < -0.39 is 0 Å². The van der Waals surface area contributed by atoms with Gasteiger partial charge in [-0.2, -0.15) is 0 Å². The largest absolute Gasteiger partial charge is 0.504 e. The molecule has 1 heterocycles. The molecule has 1 amide bonds. The monoisotopic (exact) mass is 372 g/mol. The van der Waals surface area contributed by atoms with Crippen LogP contribution in [0.1, 0.15) is 12.5 Å². The number of likely N-dealkylation sites (N-methyl/N-ethyl adjacent to an activating group) is 1. The van der Waals surface area contributed by atoms with E-state index in [0.717, 1.165) is 5.56 Å². The third-order valence-corrected chi connectivity index (χ3v) is 4.70. The summed E-state index contributed by atoms with van der Waals surface area (Å²) >= 11 is 1.23. The molecule has 0 radical (unpaired) electrons. The predicted octanol–water partition coefficient (Wildman–Crippen LogP) is 4.16. The lowest BCUT2D eigenvalue weighted by Gasteiger charge is -2.07. The standard InChI is InChI=1S/C19H17FN2O3S/c1-3-25-16-10-12(4-9-15(16)23)11-17-18(24)22(2)19(26-17)21-14-7-5-13(20)6-8-14/h4-11,23H,3H2,1-2H3/b17-11+,21-19?. The van der Waals surface area contributed by atoms with Gasteiger partial charge in [-0.25, -0.2) is 9.38 Å². The van der Waals surface area contributed by atoms with E-state index in [-0.39, 0.29) is 17.5 Å². The second-order valence-electron chi connectivity index (χ2n) is 5.51. The summed E-state index contributed by atoms with van der Waals surface area (Å²) in [6.07, 6.45) is 1.72. The van der Waals surface area contributed by atoms with Gasteiger partial charge >= 0.3 is 0 Å². The number of phenolic OH excluding ortho intramolecular Hbond substituents is 1. The van der Waals surface area contributed by atoms with Gasteiger partial charge in [0.2, 0.25) is 0 Å². The molecule has 1 aliphatic rings. The number of halogens is 1. The molecule has 2 aromatic rings. The fourth-order valence-electron chi connectivity index (χ4n) is 2.32. The van der Waals surface area contributed by atoms with Gasteiger partial charge in [-0.05, 0) is 66.7 Å². The average molecular weight is 372 g/mol. The van der Waals surface area contributed by atoms with E-state index in [0.29, 0.717) is 28.1 Å². The van der Waals surface area contributed by atoms with Gasteiger partial charge in [0, 0.05) is 7.05 Å². The van der Waals surface area contributed by atoms with Crippen molar-refractivity contribution in [3.63, 3.8) is 0 Å². The lowest BCUT2D eigenvalue weighted by atomic mass is 10.2. The Morgan fingerprint density at radius 3 is 2.69 bits per heavy atom. The summed E-state index contributed by atoms with van der Waals surface area (Å²) in [5.41, 5.74) is 1.30. The van der Waals surface area contributed by atoms with Gasteiger partial charge < -0.3 is 9.84 Å². The van der Waals surface area contributed by atoms with Crippen LogP contribution in [0.15, 0.2) is 52.4 Å². The number of rotatable bonds is 4. The van der Waals surface area contributed by atoms with Crippen LogP contribution >= 0.6 is 11.8 Å². The summed E-state index contributed by atoms with van der Waals surface area (Å²) in [4.78, 5) is 18.8. The third kappa shape index (κ3) is 3.88. The SMILES string of the molecule is CCOc1cc(/C=C2/SC(=Nc3ccc(F)cc3)N(C)C2=O)ccc1O. The Bertz CT molecular complexity index is 894. The number of benzene rings is 2. The molecule has 0 unspecified atom stereocenters. The Kier molecular flexibility index (Phi) is 5.27. The fraction of sp³-hybridized carbons (Fsp3) is 0.158. The third-order valence-electron chi connectivity index (χ3n) is 3.64. The quantitative estimate of drug-likeness (QED) is 0.819. The number of phenols is 1. The summed E-state index contributed by atoms with van der Waals surface area (Å²) in [6, 6.07) is 10.7. The summed E-state index contributed by atoms with van der Waals surface area (Å²) in [5.74, 6) is -0.0988. The number of amides is 1. The van der Waals surface area contributed by atoms with Crippen LogP contribution in [-0.2, 0) is 4.79 Å². The Hall–Kier alpha value is -2.80. The second kappa shape index (κ2) is 7.61. The van der Waals surface area contributed by atoms with E-state index in [9.17, 15) is 14.3 Å². The molecule has 1 aliphatic heterocycles. The minimum atomic E-state index is -0.338. The van der Waals surface area contributed by atoms with Crippen LogP contribution in [0, 0.1) is 5.82 Å². The van der Waals surface area contributed by atoms with Crippen molar-refractivity contribution in [2.75, 3.05) is 13.7 Å². The molecular formula is C19H17FN2O3S. The van der Waals surface area contributed by atoms with Crippen molar-refractivity contribution < 1.29 is 19.0 Å². The first-order valence-corrected chi connectivity index (χ1v) is 8.77. The number of thioether (sulfide) groups is 1. The van der Waals surface area contributed by atoms with Gasteiger partial charge in [-0.15, -0.1) is 0 Å². The number of hydrogen-bond donors (Lipinski definition) is 1. The van der Waals surface area contributed by atoms with Gasteiger partial charge in [0.25, 0.3) is 5.91 Å². The highest BCUT2D eigenvalue weighted by Gasteiger charge is 2.30.